The molecule has 0 aliphatic rings. The van der Waals surface area contributed by atoms with E-state index >= 15 is 0 Å². The lowest BCUT2D eigenvalue weighted by molar-refractivity contribution is 0.877. The maximum atomic E-state index is 3.95. The Kier molecular flexibility index (Phi) is 5.00. The molecule has 0 aromatic carbocycles. The van der Waals surface area contributed by atoms with Crippen molar-refractivity contribution in [2.45, 2.75) is 40.0 Å². The monoisotopic (exact) mass is 138 g/mol. The van der Waals surface area contributed by atoms with Crippen molar-refractivity contribution in [3.63, 3.8) is 0 Å². The van der Waals surface area contributed by atoms with Gasteiger partial charge in [0.25, 0.3) is 0 Å². The minimum Gasteiger partial charge on any atom is -0.0999 e. The van der Waals surface area contributed by atoms with E-state index in [1.54, 1.807) is 0 Å². The second-order valence-electron chi connectivity index (χ2n) is 2.74. The number of rotatable bonds is 4. The summed E-state index contributed by atoms with van der Waals surface area (Å²) in [6.07, 6.45) is 5.63. The first-order valence-electron chi connectivity index (χ1n) is 3.99. The van der Waals surface area contributed by atoms with Gasteiger partial charge in [0.15, 0.2) is 0 Å². The quantitative estimate of drug-likeness (QED) is 0.520. The fraction of sp³-hybridized carbons (Fsp3) is 0.600. The summed E-state index contributed by atoms with van der Waals surface area (Å²) in [6.45, 7) is 10.4. The van der Waals surface area contributed by atoms with Crippen LogP contribution in [0, 0.1) is 0 Å². The van der Waals surface area contributed by atoms with Crippen LogP contribution in [-0.4, -0.2) is 0 Å². The summed E-state index contributed by atoms with van der Waals surface area (Å²) in [4.78, 5) is 0. The van der Waals surface area contributed by atoms with E-state index in [0.29, 0.717) is 0 Å². The lowest BCUT2D eigenvalue weighted by Gasteiger charge is -2.01. The molecule has 0 nitrogen and oxygen atoms in total. The highest BCUT2D eigenvalue weighted by Crippen LogP contribution is 2.11. The van der Waals surface area contributed by atoms with Crippen LogP contribution in [0.1, 0.15) is 40.0 Å². The van der Waals surface area contributed by atoms with Crippen molar-refractivity contribution >= 4 is 0 Å². The molecule has 0 radical (unpaired) electrons. The van der Waals surface area contributed by atoms with E-state index in [1.807, 2.05) is 0 Å². The number of hydrogen-bond donors (Lipinski definition) is 0. The highest BCUT2D eigenvalue weighted by Gasteiger charge is 1.91. The fourth-order valence-corrected chi connectivity index (χ4v) is 0.695. The Balaban J connectivity index is 3.45. The first kappa shape index (κ1) is 9.48. The van der Waals surface area contributed by atoms with E-state index in [4.69, 9.17) is 0 Å². The van der Waals surface area contributed by atoms with Crippen molar-refractivity contribution in [1.82, 2.24) is 0 Å². The molecule has 0 heteroatoms. The second kappa shape index (κ2) is 5.28. The minimum atomic E-state index is 1.12. The summed E-state index contributed by atoms with van der Waals surface area (Å²) >= 11 is 0. The molecule has 0 heterocycles. The summed E-state index contributed by atoms with van der Waals surface area (Å²) in [5.74, 6) is 0. The molecule has 58 valence electrons. The van der Waals surface area contributed by atoms with Crippen LogP contribution in [0.25, 0.3) is 0 Å². The molecule has 0 aliphatic carbocycles. The maximum Gasteiger partial charge on any atom is -0.0286 e. The largest absolute Gasteiger partial charge is 0.0999 e. The van der Waals surface area contributed by atoms with Gasteiger partial charge in [-0.1, -0.05) is 30.7 Å². The zero-order chi connectivity index (χ0) is 7.98. The Bertz CT molecular complexity index is 129. The molecule has 0 spiro atoms. The molecular weight excluding hydrogens is 120 g/mol. The smallest absolute Gasteiger partial charge is 0.0286 e. The summed E-state index contributed by atoms with van der Waals surface area (Å²) in [6, 6.07) is 0. The Morgan fingerprint density at radius 3 is 2.40 bits per heavy atom. The van der Waals surface area contributed by atoms with Gasteiger partial charge >= 0.3 is 0 Å². The molecule has 0 aliphatic heterocycles. The highest BCUT2D eigenvalue weighted by atomic mass is 14.0. The molecule has 0 atom stereocenters. The molecule has 0 aromatic heterocycles. The zero-order valence-electron chi connectivity index (χ0n) is 7.41. The molecule has 0 saturated carbocycles. The number of allylic oxidation sites excluding steroid dienone is 3. The van der Waals surface area contributed by atoms with Crippen LogP contribution in [-0.2, 0) is 0 Å². The van der Waals surface area contributed by atoms with Gasteiger partial charge in [0.2, 0.25) is 0 Å². The molecule has 0 saturated heterocycles. The summed E-state index contributed by atoms with van der Waals surface area (Å²) in [5.41, 5.74) is 2.83. The van der Waals surface area contributed by atoms with Crippen molar-refractivity contribution in [3.05, 3.63) is 23.8 Å². The topological polar surface area (TPSA) is 0 Å². The van der Waals surface area contributed by atoms with Gasteiger partial charge in [-0.25, -0.2) is 0 Å². The predicted octanol–water partition coefficient (Wildman–Crippen LogP) is 3.70. The van der Waals surface area contributed by atoms with Crippen LogP contribution in [0.5, 0.6) is 0 Å². The van der Waals surface area contributed by atoms with E-state index in [1.165, 1.54) is 17.6 Å². The predicted molar refractivity (Wildman–Crippen MR) is 48.1 cm³/mol. The normalized spacial score (nSPS) is 11.7. The lowest BCUT2D eigenvalue weighted by Crippen LogP contribution is -1.80. The van der Waals surface area contributed by atoms with E-state index in [-0.39, 0.29) is 0 Å². The molecule has 0 aromatic rings. The van der Waals surface area contributed by atoms with Gasteiger partial charge in [0, 0.05) is 0 Å². The molecule has 0 amide bonds. The third kappa shape index (κ3) is 4.37. The standard InChI is InChI=1S/C10H18/c1-5-9(3)7-8-10(4)6-2/h6H,3,5,7-8H2,1-2,4H3. The van der Waals surface area contributed by atoms with Crippen LogP contribution >= 0.6 is 0 Å². The van der Waals surface area contributed by atoms with Gasteiger partial charge in [-0.05, 0) is 33.1 Å². The average molecular weight is 138 g/mol. The zero-order valence-corrected chi connectivity index (χ0v) is 7.41. The first-order chi connectivity index (χ1) is 4.70. The van der Waals surface area contributed by atoms with Crippen LogP contribution in [0.3, 0.4) is 0 Å². The lowest BCUT2D eigenvalue weighted by atomic mass is 10.1. The molecular formula is C10H18. The van der Waals surface area contributed by atoms with E-state index in [0.717, 1.165) is 12.8 Å². The molecule has 10 heavy (non-hydrogen) atoms. The van der Waals surface area contributed by atoms with Gasteiger partial charge in [-0.2, -0.15) is 0 Å². The SMILES string of the molecule is C=C(CC)CCC(C)=CC. The van der Waals surface area contributed by atoms with Crippen LogP contribution in [0.2, 0.25) is 0 Å². The van der Waals surface area contributed by atoms with Crippen molar-refractivity contribution in [3.8, 4) is 0 Å². The highest BCUT2D eigenvalue weighted by molar-refractivity contribution is 5.01. The molecule has 0 fully saturated rings. The van der Waals surface area contributed by atoms with Crippen LogP contribution < -0.4 is 0 Å². The van der Waals surface area contributed by atoms with Gasteiger partial charge in [0.05, 0.1) is 0 Å². The van der Waals surface area contributed by atoms with Crippen molar-refractivity contribution < 1.29 is 0 Å². The van der Waals surface area contributed by atoms with Gasteiger partial charge in [-0.3, -0.25) is 0 Å². The van der Waals surface area contributed by atoms with Gasteiger partial charge in [-0.15, -0.1) is 0 Å². The van der Waals surface area contributed by atoms with E-state index in [9.17, 15) is 0 Å². The van der Waals surface area contributed by atoms with Gasteiger partial charge < -0.3 is 0 Å². The van der Waals surface area contributed by atoms with Crippen molar-refractivity contribution in [2.24, 2.45) is 0 Å². The molecule has 0 unspecified atom stereocenters. The first-order valence-corrected chi connectivity index (χ1v) is 3.99. The third-order valence-corrected chi connectivity index (χ3v) is 1.87. The number of hydrogen-bond acceptors (Lipinski definition) is 0. The summed E-state index contributed by atoms with van der Waals surface area (Å²) in [7, 11) is 0. The maximum absolute atomic E-state index is 3.95. The van der Waals surface area contributed by atoms with Crippen molar-refractivity contribution in [1.29, 1.82) is 0 Å². The summed E-state index contributed by atoms with van der Waals surface area (Å²) in [5, 5.41) is 0. The van der Waals surface area contributed by atoms with E-state index < -0.39 is 0 Å². The summed E-state index contributed by atoms with van der Waals surface area (Å²) < 4.78 is 0. The second-order valence-corrected chi connectivity index (χ2v) is 2.74. The van der Waals surface area contributed by atoms with Crippen LogP contribution in [0.4, 0.5) is 0 Å². The Morgan fingerprint density at radius 2 is 2.00 bits per heavy atom. The Morgan fingerprint density at radius 1 is 1.40 bits per heavy atom. The average Bonchev–Trinajstić information content (AvgIpc) is 1.99. The minimum absolute atomic E-state index is 1.12. The third-order valence-electron chi connectivity index (χ3n) is 1.87. The van der Waals surface area contributed by atoms with E-state index in [2.05, 4.69) is 33.4 Å². The van der Waals surface area contributed by atoms with Gasteiger partial charge in [0.1, 0.15) is 0 Å². The molecule has 0 N–H and O–H groups in total. The fourth-order valence-electron chi connectivity index (χ4n) is 0.695. The van der Waals surface area contributed by atoms with Crippen LogP contribution in [0.15, 0.2) is 23.8 Å². The molecule has 0 bridgehead atoms. The molecule has 0 rings (SSSR count). The van der Waals surface area contributed by atoms with Crippen molar-refractivity contribution in [2.75, 3.05) is 0 Å². The Labute approximate surface area is 64.6 Å². The Hall–Kier alpha value is -0.520.